The molecule has 168 valence electrons. The zero-order valence-corrected chi connectivity index (χ0v) is 20.2. The van der Waals surface area contributed by atoms with Crippen molar-refractivity contribution in [1.29, 1.82) is 0 Å². The number of benzene rings is 2. The molecule has 0 aliphatic carbocycles. The van der Waals surface area contributed by atoms with Crippen molar-refractivity contribution in [2.24, 2.45) is 0 Å². The lowest BCUT2D eigenvalue weighted by atomic mass is 10.1. The van der Waals surface area contributed by atoms with Gasteiger partial charge < -0.3 is 15.0 Å². The van der Waals surface area contributed by atoms with Gasteiger partial charge >= 0.3 is 0 Å². The standard InChI is InChI=1S/C25H34N2O3S/c1-18-7-9-21(10-8-18)16-31-17-23(28)27(19(2)24(29)26-25(3,4)5)15-20-11-13-22(30-6)14-12-20/h7-14,19H,15-17H2,1-6H3,(H,26,29)/t19-/m1/s1. The van der Waals surface area contributed by atoms with E-state index in [0.717, 1.165) is 17.1 Å². The monoisotopic (exact) mass is 442 g/mol. The largest absolute Gasteiger partial charge is 0.497 e. The van der Waals surface area contributed by atoms with Gasteiger partial charge in [0.1, 0.15) is 11.8 Å². The number of rotatable bonds is 9. The molecule has 0 bridgehead atoms. The van der Waals surface area contributed by atoms with Crippen molar-refractivity contribution in [2.45, 2.75) is 58.5 Å². The van der Waals surface area contributed by atoms with Gasteiger partial charge in [-0.25, -0.2) is 0 Å². The second-order valence-corrected chi connectivity index (χ2v) is 9.75. The van der Waals surface area contributed by atoms with E-state index in [-0.39, 0.29) is 17.4 Å². The molecule has 0 unspecified atom stereocenters. The molecule has 0 aliphatic heterocycles. The van der Waals surface area contributed by atoms with Crippen LogP contribution in [0.2, 0.25) is 0 Å². The highest BCUT2D eigenvalue weighted by Crippen LogP contribution is 2.18. The van der Waals surface area contributed by atoms with Gasteiger partial charge in [-0.15, -0.1) is 11.8 Å². The van der Waals surface area contributed by atoms with Crippen molar-refractivity contribution in [2.75, 3.05) is 12.9 Å². The Kier molecular flexibility index (Phi) is 8.99. The summed E-state index contributed by atoms with van der Waals surface area (Å²) in [5.41, 5.74) is 2.99. The lowest BCUT2D eigenvalue weighted by Crippen LogP contribution is -2.52. The summed E-state index contributed by atoms with van der Waals surface area (Å²) in [6.07, 6.45) is 0. The lowest BCUT2D eigenvalue weighted by Gasteiger charge is -2.31. The normalized spacial score (nSPS) is 12.2. The second-order valence-electron chi connectivity index (χ2n) is 8.76. The van der Waals surface area contributed by atoms with Gasteiger partial charge in [0.2, 0.25) is 11.8 Å². The molecule has 0 saturated carbocycles. The minimum atomic E-state index is -0.575. The van der Waals surface area contributed by atoms with Crippen LogP contribution in [0, 0.1) is 6.92 Å². The number of nitrogens with zero attached hydrogens (tertiary/aromatic N) is 1. The lowest BCUT2D eigenvalue weighted by molar-refractivity contribution is -0.139. The maximum Gasteiger partial charge on any atom is 0.242 e. The second kappa shape index (κ2) is 11.2. The summed E-state index contributed by atoms with van der Waals surface area (Å²) in [6, 6.07) is 15.3. The summed E-state index contributed by atoms with van der Waals surface area (Å²) in [6.45, 7) is 10.0. The van der Waals surface area contributed by atoms with Crippen molar-refractivity contribution in [3.63, 3.8) is 0 Å². The van der Waals surface area contributed by atoms with E-state index < -0.39 is 6.04 Å². The number of carbonyl (C=O) groups excluding carboxylic acids is 2. The zero-order valence-electron chi connectivity index (χ0n) is 19.4. The van der Waals surface area contributed by atoms with Crippen molar-refractivity contribution < 1.29 is 14.3 Å². The first-order chi connectivity index (χ1) is 14.6. The van der Waals surface area contributed by atoms with Gasteiger partial charge in [-0.3, -0.25) is 9.59 Å². The summed E-state index contributed by atoms with van der Waals surface area (Å²) in [7, 11) is 1.62. The first-order valence-corrected chi connectivity index (χ1v) is 11.6. The number of amides is 2. The number of carbonyl (C=O) groups is 2. The molecule has 5 nitrogen and oxygen atoms in total. The molecule has 0 aromatic heterocycles. The highest BCUT2D eigenvalue weighted by molar-refractivity contribution is 7.99. The van der Waals surface area contributed by atoms with Gasteiger partial charge in [-0.2, -0.15) is 0 Å². The SMILES string of the molecule is COc1ccc(CN(C(=O)CSCc2ccc(C)cc2)[C@H](C)C(=O)NC(C)(C)C)cc1. The summed E-state index contributed by atoms with van der Waals surface area (Å²) < 4.78 is 5.22. The van der Waals surface area contributed by atoms with Gasteiger partial charge in [-0.1, -0.05) is 42.0 Å². The first-order valence-electron chi connectivity index (χ1n) is 10.5. The molecule has 1 N–H and O–H groups in total. The van der Waals surface area contributed by atoms with E-state index in [2.05, 4.69) is 36.5 Å². The van der Waals surface area contributed by atoms with Gasteiger partial charge in [0, 0.05) is 17.8 Å². The third-order valence-electron chi connectivity index (χ3n) is 4.79. The van der Waals surface area contributed by atoms with Crippen LogP contribution >= 0.6 is 11.8 Å². The smallest absolute Gasteiger partial charge is 0.242 e. The van der Waals surface area contributed by atoms with Crippen LogP contribution in [0.15, 0.2) is 48.5 Å². The summed E-state index contributed by atoms with van der Waals surface area (Å²) in [5, 5.41) is 2.99. The van der Waals surface area contributed by atoms with Crippen LogP contribution in [-0.4, -0.2) is 41.2 Å². The van der Waals surface area contributed by atoms with Crippen LogP contribution in [0.25, 0.3) is 0 Å². The number of ether oxygens (including phenoxy) is 1. The van der Waals surface area contributed by atoms with E-state index in [4.69, 9.17) is 4.74 Å². The quantitative estimate of drug-likeness (QED) is 0.618. The molecule has 0 spiro atoms. The number of aryl methyl sites for hydroxylation is 1. The molecule has 2 rings (SSSR count). The maximum absolute atomic E-state index is 13.1. The Balaban J connectivity index is 2.09. The number of hydrogen-bond donors (Lipinski definition) is 1. The third-order valence-corrected chi connectivity index (χ3v) is 5.78. The molecule has 0 radical (unpaired) electrons. The van der Waals surface area contributed by atoms with Crippen molar-refractivity contribution in [3.05, 3.63) is 65.2 Å². The molecule has 31 heavy (non-hydrogen) atoms. The Bertz CT molecular complexity index is 858. The molecule has 0 aliphatic rings. The molecule has 2 amide bonds. The van der Waals surface area contributed by atoms with Crippen molar-refractivity contribution >= 4 is 23.6 Å². The van der Waals surface area contributed by atoms with E-state index in [9.17, 15) is 9.59 Å². The molecule has 0 heterocycles. The van der Waals surface area contributed by atoms with Crippen LogP contribution in [0.1, 0.15) is 44.4 Å². The molecule has 6 heteroatoms. The van der Waals surface area contributed by atoms with E-state index in [1.165, 1.54) is 11.1 Å². The molecular formula is C25H34N2O3S. The predicted octanol–water partition coefficient (Wildman–Crippen LogP) is 4.57. The van der Waals surface area contributed by atoms with Crippen LogP contribution < -0.4 is 10.1 Å². The average Bonchev–Trinajstić information content (AvgIpc) is 2.72. The third kappa shape index (κ3) is 8.29. The molecule has 1 atom stereocenters. The van der Waals surface area contributed by atoms with Gasteiger partial charge in [0.25, 0.3) is 0 Å². The van der Waals surface area contributed by atoms with Gasteiger partial charge in [-0.05, 0) is 57.9 Å². The fourth-order valence-corrected chi connectivity index (χ4v) is 3.88. The molecular weight excluding hydrogens is 408 g/mol. The van der Waals surface area contributed by atoms with E-state index in [1.54, 1.807) is 30.7 Å². The fraction of sp³-hybridized carbons (Fsp3) is 0.440. The number of methoxy groups -OCH3 is 1. The number of thioether (sulfide) groups is 1. The summed E-state index contributed by atoms with van der Waals surface area (Å²) in [4.78, 5) is 27.6. The number of hydrogen-bond acceptors (Lipinski definition) is 4. The van der Waals surface area contributed by atoms with Crippen molar-refractivity contribution in [1.82, 2.24) is 10.2 Å². The average molecular weight is 443 g/mol. The highest BCUT2D eigenvalue weighted by Gasteiger charge is 2.28. The fourth-order valence-electron chi connectivity index (χ4n) is 3.01. The Morgan fingerprint density at radius 3 is 2.16 bits per heavy atom. The van der Waals surface area contributed by atoms with E-state index >= 15 is 0 Å². The topological polar surface area (TPSA) is 58.6 Å². The van der Waals surface area contributed by atoms with E-state index in [0.29, 0.717) is 12.3 Å². The molecule has 0 fully saturated rings. The molecule has 0 saturated heterocycles. The van der Waals surface area contributed by atoms with Gasteiger partial charge in [0.15, 0.2) is 0 Å². The van der Waals surface area contributed by atoms with Crippen LogP contribution in [0.5, 0.6) is 5.75 Å². The Morgan fingerprint density at radius 1 is 1.03 bits per heavy atom. The van der Waals surface area contributed by atoms with Crippen molar-refractivity contribution in [3.8, 4) is 5.75 Å². The summed E-state index contributed by atoms with van der Waals surface area (Å²) >= 11 is 1.56. The van der Waals surface area contributed by atoms with Crippen LogP contribution in [0.3, 0.4) is 0 Å². The predicted molar refractivity (Wildman–Crippen MR) is 128 cm³/mol. The molecule has 2 aromatic rings. The molecule has 2 aromatic carbocycles. The maximum atomic E-state index is 13.1. The Labute approximate surface area is 190 Å². The van der Waals surface area contributed by atoms with Crippen LogP contribution in [0.4, 0.5) is 0 Å². The Hall–Kier alpha value is -2.47. The Morgan fingerprint density at radius 2 is 1.61 bits per heavy atom. The zero-order chi connectivity index (χ0) is 23.0. The van der Waals surface area contributed by atoms with E-state index in [1.807, 2.05) is 45.0 Å². The minimum absolute atomic E-state index is 0.0514. The number of nitrogens with one attached hydrogen (secondary N) is 1. The van der Waals surface area contributed by atoms with Crippen LogP contribution in [-0.2, 0) is 21.9 Å². The highest BCUT2D eigenvalue weighted by atomic mass is 32.2. The first kappa shape index (κ1) is 24.8. The minimum Gasteiger partial charge on any atom is -0.497 e. The van der Waals surface area contributed by atoms with Gasteiger partial charge in [0.05, 0.1) is 12.9 Å². The summed E-state index contributed by atoms with van der Waals surface area (Å²) in [5.74, 6) is 1.62.